The summed E-state index contributed by atoms with van der Waals surface area (Å²) in [5.74, 6) is 5.13. The van der Waals surface area contributed by atoms with Crippen molar-refractivity contribution in [2.75, 3.05) is 0 Å². The number of nitrogens with zero attached hydrogens (tertiary/aromatic N) is 2. The van der Waals surface area contributed by atoms with E-state index in [0.717, 1.165) is 15.4 Å². The van der Waals surface area contributed by atoms with Crippen LogP contribution in [0, 0.1) is 0 Å². The minimum absolute atomic E-state index is 0.0198. The van der Waals surface area contributed by atoms with Crippen LogP contribution in [0.3, 0.4) is 0 Å². The average molecular weight is 379 g/mol. The second kappa shape index (κ2) is 5.27. The molecule has 0 heterocycles. The van der Waals surface area contributed by atoms with E-state index >= 15 is 0 Å². The van der Waals surface area contributed by atoms with Gasteiger partial charge in [0.15, 0.2) is 0 Å². The molecule has 1 aromatic carbocycles. The molecule has 4 N–H and O–H groups in total. The molecule has 0 aromatic heterocycles. The van der Waals surface area contributed by atoms with Crippen LogP contribution in [0.15, 0.2) is 23.2 Å². The minimum atomic E-state index is -4.54. The first-order valence-corrected chi connectivity index (χ1v) is 5.47. The second-order valence-electron chi connectivity index (χ2n) is 2.94. The number of aliphatic imine (C=N–C) groups is 1. The summed E-state index contributed by atoms with van der Waals surface area (Å²) in [6, 6.07) is 3.21. The summed E-state index contributed by atoms with van der Waals surface area (Å²) in [6.45, 7) is 0. The topological polar surface area (TPSA) is 67.6 Å². The molecule has 0 amide bonds. The lowest BCUT2D eigenvalue weighted by molar-refractivity contribution is -0.137. The van der Waals surface area contributed by atoms with E-state index in [4.69, 9.17) is 23.2 Å². The van der Waals surface area contributed by atoms with Crippen LogP contribution in [0.5, 0.6) is 0 Å². The number of guanidine groups is 1. The van der Waals surface area contributed by atoms with Crippen molar-refractivity contribution in [2.45, 2.75) is 6.18 Å². The molecule has 4 nitrogen and oxygen atoms in total. The van der Waals surface area contributed by atoms with E-state index < -0.39 is 16.8 Å². The Labute approximate surface area is 114 Å². The van der Waals surface area contributed by atoms with E-state index in [1.807, 2.05) is 0 Å². The van der Waals surface area contributed by atoms with Crippen LogP contribution in [0.25, 0.3) is 0 Å². The zero-order chi connectivity index (χ0) is 13.2. The summed E-state index contributed by atoms with van der Waals surface area (Å²) in [5.41, 5.74) is 4.43. The Morgan fingerprint density at radius 1 is 1.41 bits per heavy atom. The van der Waals surface area contributed by atoms with Gasteiger partial charge in [0.25, 0.3) is 0 Å². The Hall–Kier alpha value is -0.740. The minimum Gasteiger partial charge on any atom is -0.368 e. The summed E-state index contributed by atoms with van der Waals surface area (Å²) >= 11 is 7.08. The van der Waals surface area contributed by atoms with Gasteiger partial charge in [-0.1, -0.05) is 11.6 Å². The van der Waals surface area contributed by atoms with Crippen molar-refractivity contribution in [1.29, 1.82) is 0 Å². The van der Waals surface area contributed by atoms with Gasteiger partial charge in [0, 0.05) is 0 Å². The first kappa shape index (κ1) is 14.3. The summed E-state index contributed by atoms with van der Waals surface area (Å²) in [7, 11) is 0. The number of halogens is 5. The van der Waals surface area contributed by atoms with E-state index in [1.165, 1.54) is 6.07 Å². The molecule has 0 fully saturated rings. The predicted molar refractivity (Wildman–Crippen MR) is 67.8 cm³/mol. The van der Waals surface area contributed by atoms with Gasteiger partial charge in [-0.3, -0.25) is 0 Å². The zero-order valence-corrected chi connectivity index (χ0v) is 11.1. The van der Waals surface area contributed by atoms with Gasteiger partial charge < -0.3 is 5.73 Å². The molecule has 9 heteroatoms. The van der Waals surface area contributed by atoms with Crippen molar-refractivity contribution in [1.82, 2.24) is 3.22 Å². The fourth-order valence-electron chi connectivity index (χ4n) is 0.980. The number of hydrazine groups is 1. The summed E-state index contributed by atoms with van der Waals surface area (Å²) in [6.07, 6.45) is -4.54. The summed E-state index contributed by atoms with van der Waals surface area (Å²) < 4.78 is 38.5. The van der Waals surface area contributed by atoms with Gasteiger partial charge in [-0.2, -0.15) is 13.2 Å². The highest BCUT2D eigenvalue weighted by atomic mass is 127. The molecule has 17 heavy (non-hydrogen) atoms. The molecule has 0 radical (unpaired) electrons. The van der Waals surface area contributed by atoms with Crippen LogP contribution in [0.1, 0.15) is 5.56 Å². The van der Waals surface area contributed by atoms with Gasteiger partial charge in [-0.05, 0) is 18.2 Å². The zero-order valence-electron chi connectivity index (χ0n) is 8.17. The lowest BCUT2D eigenvalue weighted by Gasteiger charge is -2.10. The average Bonchev–Trinajstić information content (AvgIpc) is 2.19. The SMILES string of the molecule is NC(=Nc1ccc(Cl)c(C(F)(F)F)c1)N(N)I. The maximum Gasteiger partial charge on any atom is 0.417 e. The molecule has 0 saturated carbocycles. The number of nitrogens with two attached hydrogens (primary N) is 2. The smallest absolute Gasteiger partial charge is 0.368 e. The Kier molecular flexibility index (Phi) is 4.44. The first-order chi connectivity index (χ1) is 7.71. The van der Waals surface area contributed by atoms with Gasteiger partial charge in [-0.15, -0.1) is 0 Å². The molecule has 94 valence electrons. The monoisotopic (exact) mass is 378 g/mol. The van der Waals surface area contributed by atoms with Crippen LogP contribution in [0.4, 0.5) is 18.9 Å². The molecule has 0 bridgehead atoms. The maximum absolute atomic E-state index is 12.5. The molecule has 1 aromatic rings. The Bertz CT molecular complexity index is 447. The van der Waals surface area contributed by atoms with E-state index in [0.29, 0.717) is 0 Å². The molecule has 0 saturated heterocycles. The van der Waals surface area contributed by atoms with Crippen LogP contribution in [0.2, 0.25) is 5.02 Å². The van der Waals surface area contributed by atoms with Gasteiger partial charge >= 0.3 is 6.18 Å². The Balaban J connectivity index is 3.18. The lowest BCUT2D eigenvalue weighted by Crippen LogP contribution is -2.34. The molecule has 1 rings (SSSR count). The Morgan fingerprint density at radius 3 is 2.47 bits per heavy atom. The standard InChI is InChI=1S/C8H7ClF3IN4/c9-6-2-1-4(16-7(14)17(13)15)3-5(6)8(10,11)12/h1-3H,15H2,(H2,14,16). The highest BCUT2D eigenvalue weighted by molar-refractivity contribution is 14.1. The van der Waals surface area contributed by atoms with Crippen molar-refractivity contribution in [3.8, 4) is 0 Å². The van der Waals surface area contributed by atoms with Crippen LogP contribution < -0.4 is 11.6 Å². The molecule has 0 aliphatic heterocycles. The van der Waals surface area contributed by atoms with Crippen LogP contribution >= 0.6 is 34.5 Å². The van der Waals surface area contributed by atoms with Crippen LogP contribution in [-0.4, -0.2) is 9.18 Å². The van der Waals surface area contributed by atoms with Gasteiger partial charge in [0.2, 0.25) is 5.96 Å². The van der Waals surface area contributed by atoms with Gasteiger partial charge in [0.1, 0.15) is 0 Å². The number of alkyl halides is 3. The maximum atomic E-state index is 12.5. The van der Waals surface area contributed by atoms with Crippen molar-refractivity contribution >= 4 is 46.1 Å². The van der Waals surface area contributed by atoms with E-state index in [2.05, 4.69) is 4.99 Å². The largest absolute Gasteiger partial charge is 0.417 e. The van der Waals surface area contributed by atoms with Crippen LogP contribution in [-0.2, 0) is 6.18 Å². The summed E-state index contributed by atoms with van der Waals surface area (Å²) in [5, 5.41) is -0.394. The van der Waals surface area contributed by atoms with Crippen molar-refractivity contribution in [3.63, 3.8) is 0 Å². The number of hydrogen-bond acceptors (Lipinski definition) is 2. The highest BCUT2D eigenvalue weighted by Crippen LogP contribution is 2.36. The molecule has 0 aliphatic rings. The molecule has 0 unspecified atom stereocenters. The van der Waals surface area contributed by atoms with Gasteiger partial charge in [0.05, 0.1) is 39.1 Å². The summed E-state index contributed by atoms with van der Waals surface area (Å²) in [4.78, 5) is 3.70. The van der Waals surface area contributed by atoms with Crippen molar-refractivity contribution in [2.24, 2.45) is 16.6 Å². The molecule has 0 aliphatic carbocycles. The second-order valence-corrected chi connectivity index (χ2v) is 4.39. The van der Waals surface area contributed by atoms with E-state index in [-0.39, 0.29) is 11.6 Å². The molecular formula is C8H7ClF3IN4. The lowest BCUT2D eigenvalue weighted by atomic mass is 10.2. The highest BCUT2D eigenvalue weighted by Gasteiger charge is 2.33. The third kappa shape index (κ3) is 3.89. The Morgan fingerprint density at radius 2 is 2.00 bits per heavy atom. The third-order valence-corrected chi connectivity index (χ3v) is 2.54. The van der Waals surface area contributed by atoms with Crippen molar-refractivity contribution < 1.29 is 13.2 Å². The quantitative estimate of drug-likeness (QED) is 0.197. The molecular weight excluding hydrogens is 371 g/mol. The van der Waals surface area contributed by atoms with E-state index in [9.17, 15) is 13.2 Å². The van der Waals surface area contributed by atoms with Crippen molar-refractivity contribution in [3.05, 3.63) is 28.8 Å². The van der Waals surface area contributed by atoms with E-state index in [1.54, 1.807) is 22.9 Å². The number of hydrogen-bond donors (Lipinski definition) is 2. The predicted octanol–water partition coefficient (Wildman–Crippen LogP) is 2.83. The normalized spacial score (nSPS) is 12.7. The number of rotatable bonds is 1. The van der Waals surface area contributed by atoms with Gasteiger partial charge in [-0.25, -0.2) is 14.1 Å². The molecule has 0 spiro atoms. The first-order valence-electron chi connectivity index (χ1n) is 4.13. The fourth-order valence-corrected chi connectivity index (χ4v) is 1.31. The number of benzene rings is 1. The third-order valence-electron chi connectivity index (χ3n) is 1.72. The molecule has 0 atom stereocenters. The fraction of sp³-hybridized carbons (Fsp3) is 0.125.